The van der Waals surface area contributed by atoms with E-state index in [-0.39, 0.29) is 16.3 Å². The monoisotopic (exact) mass is 310 g/mol. The smallest absolute Gasteiger partial charge is 0.338 e. The fourth-order valence-electron chi connectivity index (χ4n) is 1.39. The highest BCUT2D eigenvalue weighted by Crippen LogP contribution is 2.31. The summed E-state index contributed by atoms with van der Waals surface area (Å²) >= 11 is 6.86. The number of carbonyl (C=O) groups is 1. The van der Waals surface area contributed by atoms with Crippen LogP contribution in [0.3, 0.4) is 0 Å². The summed E-state index contributed by atoms with van der Waals surface area (Å²) in [6.45, 7) is 0. The van der Waals surface area contributed by atoms with E-state index in [9.17, 15) is 14.9 Å². The van der Waals surface area contributed by atoms with Gasteiger partial charge < -0.3 is 5.11 Å². The maximum Gasteiger partial charge on any atom is 0.338 e. The van der Waals surface area contributed by atoms with Crippen LogP contribution < -0.4 is 0 Å². The lowest BCUT2D eigenvalue weighted by Gasteiger charge is -2.04. The Labute approximate surface area is 122 Å². The maximum atomic E-state index is 11.1. The second-order valence-electron chi connectivity index (χ2n) is 3.66. The van der Waals surface area contributed by atoms with Crippen molar-refractivity contribution in [1.29, 1.82) is 0 Å². The molecule has 0 aliphatic heterocycles. The third-order valence-corrected chi connectivity index (χ3v) is 3.58. The molecule has 0 aliphatic carbocycles. The van der Waals surface area contributed by atoms with Gasteiger partial charge in [0, 0.05) is 16.0 Å². The average molecular weight is 311 g/mol. The van der Waals surface area contributed by atoms with Crippen LogP contribution in [0.15, 0.2) is 46.5 Å². The van der Waals surface area contributed by atoms with Crippen molar-refractivity contribution in [3.8, 4) is 0 Å². The summed E-state index contributed by atoms with van der Waals surface area (Å²) in [6, 6.07) is 7.74. The number of carboxylic acids is 1. The van der Waals surface area contributed by atoms with Gasteiger partial charge in [0.25, 0.3) is 5.69 Å². The van der Waals surface area contributed by atoms with Gasteiger partial charge in [-0.25, -0.2) is 9.78 Å². The van der Waals surface area contributed by atoms with Crippen molar-refractivity contribution in [3.05, 3.63) is 57.2 Å². The maximum absolute atomic E-state index is 11.1. The molecule has 0 bridgehead atoms. The van der Waals surface area contributed by atoms with Crippen LogP contribution in [0.1, 0.15) is 10.4 Å². The first-order chi connectivity index (χ1) is 9.47. The number of hydrogen-bond acceptors (Lipinski definition) is 5. The molecule has 1 N–H and O–H groups in total. The van der Waals surface area contributed by atoms with Crippen molar-refractivity contribution in [2.45, 2.75) is 9.92 Å². The molecule has 6 nitrogen and oxygen atoms in total. The van der Waals surface area contributed by atoms with Crippen LogP contribution in [-0.4, -0.2) is 21.0 Å². The van der Waals surface area contributed by atoms with Gasteiger partial charge in [0.2, 0.25) is 0 Å². The lowest BCUT2D eigenvalue weighted by Crippen LogP contribution is -2.02. The van der Waals surface area contributed by atoms with E-state index in [1.54, 1.807) is 24.3 Å². The minimum atomic E-state index is -1.27. The Morgan fingerprint density at radius 1 is 1.35 bits per heavy atom. The fraction of sp³-hybridized carbons (Fsp3) is 0. The third kappa shape index (κ3) is 3.25. The predicted molar refractivity (Wildman–Crippen MR) is 73.4 cm³/mol. The summed E-state index contributed by atoms with van der Waals surface area (Å²) in [5, 5.41) is 20.5. The number of rotatable bonds is 4. The van der Waals surface area contributed by atoms with Crippen LogP contribution in [0.4, 0.5) is 5.69 Å². The molecule has 0 saturated carbocycles. The van der Waals surface area contributed by atoms with Gasteiger partial charge in [-0.15, -0.1) is 0 Å². The predicted octanol–water partition coefficient (Wildman–Crippen LogP) is 3.49. The Hall–Kier alpha value is -2.12. The first-order valence-electron chi connectivity index (χ1n) is 5.28. The van der Waals surface area contributed by atoms with Gasteiger partial charge in [0.05, 0.1) is 10.5 Å². The van der Waals surface area contributed by atoms with E-state index in [1.165, 1.54) is 0 Å². The molecule has 8 heteroatoms. The molecule has 0 aliphatic rings. The second kappa shape index (κ2) is 5.89. The number of halogens is 1. The summed E-state index contributed by atoms with van der Waals surface area (Å²) in [7, 11) is 0. The molecule has 2 rings (SSSR count). The molecule has 0 amide bonds. The number of hydrogen-bond donors (Lipinski definition) is 1. The van der Waals surface area contributed by atoms with Crippen LogP contribution in [0.2, 0.25) is 5.02 Å². The Kier molecular flexibility index (Phi) is 4.21. The van der Waals surface area contributed by atoms with Gasteiger partial charge in [-0.05, 0) is 24.3 Å². The highest BCUT2D eigenvalue weighted by Gasteiger charge is 2.18. The number of aromatic carboxylic acids is 1. The molecule has 0 spiro atoms. The number of nitro groups is 1. The van der Waals surface area contributed by atoms with Crippen molar-refractivity contribution in [2.24, 2.45) is 0 Å². The standard InChI is InChI=1S/C12H7ClN2O4S/c13-7-1-3-9(4-2-7)20-11-10(12(16)17)5-8(6-14-11)15(18)19/h1-6H,(H,16,17). The van der Waals surface area contributed by atoms with E-state index >= 15 is 0 Å². The number of carboxylic acid groups (broad SMARTS) is 1. The number of aromatic nitrogens is 1. The van der Waals surface area contributed by atoms with E-state index in [2.05, 4.69) is 4.98 Å². The zero-order valence-electron chi connectivity index (χ0n) is 9.82. The molecule has 102 valence electrons. The Balaban J connectivity index is 2.38. The van der Waals surface area contributed by atoms with Gasteiger partial charge in [-0.1, -0.05) is 23.4 Å². The van der Waals surface area contributed by atoms with Crippen LogP contribution in [0.5, 0.6) is 0 Å². The summed E-state index contributed by atoms with van der Waals surface area (Å²) in [5.41, 5.74) is -0.568. The van der Waals surface area contributed by atoms with Crippen molar-refractivity contribution in [2.75, 3.05) is 0 Å². The minimum Gasteiger partial charge on any atom is -0.478 e. The molecule has 1 heterocycles. The van der Waals surface area contributed by atoms with Crippen LogP contribution in [-0.2, 0) is 0 Å². The second-order valence-corrected chi connectivity index (χ2v) is 5.16. The number of benzene rings is 1. The van der Waals surface area contributed by atoms with E-state index in [0.717, 1.165) is 28.9 Å². The Morgan fingerprint density at radius 3 is 2.55 bits per heavy atom. The SMILES string of the molecule is O=C(O)c1cc([N+](=O)[O-])cnc1Sc1ccc(Cl)cc1. The molecule has 1 aromatic carbocycles. The molecule has 0 unspecified atom stereocenters. The summed E-state index contributed by atoms with van der Waals surface area (Å²) in [5.74, 6) is -1.27. The molecular weight excluding hydrogens is 304 g/mol. The lowest BCUT2D eigenvalue weighted by atomic mass is 10.3. The zero-order valence-corrected chi connectivity index (χ0v) is 11.4. The topological polar surface area (TPSA) is 93.3 Å². The summed E-state index contributed by atoms with van der Waals surface area (Å²) < 4.78 is 0. The van der Waals surface area contributed by atoms with Crippen molar-refractivity contribution >= 4 is 35.0 Å². The first kappa shape index (κ1) is 14.3. The normalized spacial score (nSPS) is 10.2. The van der Waals surface area contributed by atoms with Crippen LogP contribution in [0.25, 0.3) is 0 Å². The molecule has 0 saturated heterocycles. The average Bonchev–Trinajstić information content (AvgIpc) is 2.41. The van der Waals surface area contributed by atoms with Crippen molar-refractivity contribution in [1.82, 2.24) is 4.98 Å². The minimum absolute atomic E-state index is 0.186. The van der Waals surface area contributed by atoms with Gasteiger partial charge in [0.15, 0.2) is 0 Å². The van der Waals surface area contributed by atoms with E-state index in [0.29, 0.717) is 5.02 Å². The zero-order chi connectivity index (χ0) is 14.7. The van der Waals surface area contributed by atoms with Crippen LogP contribution >= 0.6 is 23.4 Å². The fourth-order valence-corrected chi connectivity index (χ4v) is 2.37. The number of nitrogens with zero attached hydrogens (tertiary/aromatic N) is 2. The van der Waals surface area contributed by atoms with E-state index in [1.807, 2.05) is 0 Å². The lowest BCUT2D eigenvalue weighted by molar-refractivity contribution is -0.385. The van der Waals surface area contributed by atoms with Gasteiger partial charge in [-0.3, -0.25) is 10.1 Å². The quantitative estimate of drug-likeness (QED) is 0.686. The summed E-state index contributed by atoms with van der Waals surface area (Å²) in [4.78, 5) is 25.7. The Bertz CT molecular complexity index is 676. The van der Waals surface area contributed by atoms with E-state index in [4.69, 9.17) is 16.7 Å². The molecule has 0 atom stereocenters. The van der Waals surface area contributed by atoms with Crippen LogP contribution in [0, 0.1) is 10.1 Å². The van der Waals surface area contributed by atoms with E-state index < -0.39 is 10.9 Å². The molecule has 20 heavy (non-hydrogen) atoms. The van der Waals surface area contributed by atoms with Crippen molar-refractivity contribution in [3.63, 3.8) is 0 Å². The van der Waals surface area contributed by atoms with Gasteiger partial charge in [0.1, 0.15) is 11.2 Å². The largest absolute Gasteiger partial charge is 0.478 e. The van der Waals surface area contributed by atoms with Gasteiger partial charge in [-0.2, -0.15) is 0 Å². The summed E-state index contributed by atoms with van der Waals surface area (Å²) in [6.07, 6.45) is 1.03. The number of pyridine rings is 1. The molecule has 0 fully saturated rings. The Morgan fingerprint density at radius 2 is 2.00 bits per heavy atom. The molecular formula is C12H7ClN2O4S. The highest BCUT2D eigenvalue weighted by molar-refractivity contribution is 7.99. The molecule has 2 aromatic rings. The molecule has 1 aromatic heterocycles. The first-order valence-corrected chi connectivity index (χ1v) is 6.48. The third-order valence-electron chi connectivity index (χ3n) is 2.31. The van der Waals surface area contributed by atoms with Crippen molar-refractivity contribution < 1.29 is 14.8 Å². The van der Waals surface area contributed by atoms with Gasteiger partial charge >= 0.3 is 5.97 Å². The molecule has 0 radical (unpaired) electrons. The highest BCUT2D eigenvalue weighted by atomic mass is 35.5.